The van der Waals surface area contributed by atoms with Gasteiger partial charge in [-0.2, -0.15) is 0 Å². The normalized spacial score (nSPS) is 27.2. The minimum Gasteiger partial charge on any atom is -0.393 e. The Morgan fingerprint density at radius 2 is 2.75 bits per heavy atom. The first kappa shape index (κ1) is 5.98. The van der Waals surface area contributed by atoms with Gasteiger partial charge in [0.05, 0.1) is 12.0 Å². The van der Waals surface area contributed by atoms with Gasteiger partial charge in [-0.25, -0.2) is 0 Å². The van der Waals surface area contributed by atoms with Crippen LogP contribution >= 0.6 is 11.8 Å². The zero-order valence-corrected chi connectivity index (χ0v) is 5.53. The Bertz CT molecular complexity index is 113. The molecule has 0 aromatic rings. The summed E-state index contributed by atoms with van der Waals surface area (Å²) in [6, 6.07) is 0. The molecule has 0 radical (unpaired) electrons. The molecule has 1 rings (SSSR count). The summed E-state index contributed by atoms with van der Waals surface area (Å²) in [6.07, 6.45) is 0. The molecule has 46 valence electrons. The Morgan fingerprint density at radius 3 is 3.00 bits per heavy atom. The monoisotopic (exact) mass is 131 g/mol. The van der Waals surface area contributed by atoms with Gasteiger partial charge in [0.25, 0.3) is 0 Å². The standard InChI is InChI=1S/C5H9NOS/c1-4-3-8-5(2-7)6-4/h3,5-7H,2H2,1H3. The predicted molar refractivity (Wildman–Crippen MR) is 35.4 cm³/mol. The van der Waals surface area contributed by atoms with Crippen LogP contribution in [0.3, 0.4) is 0 Å². The van der Waals surface area contributed by atoms with Gasteiger partial charge < -0.3 is 10.4 Å². The van der Waals surface area contributed by atoms with Crippen LogP contribution in [0, 0.1) is 0 Å². The molecule has 0 aromatic heterocycles. The van der Waals surface area contributed by atoms with Crippen LogP contribution in [-0.4, -0.2) is 17.1 Å². The van der Waals surface area contributed by atoms with Gasteiger partial charge in [0.15, 0.2) is 0 Å². The second-order valence-electron chi connectivity index (χ2n) is 1.75. The molecule has 0 spiro atoms. The molecule has 2 N–H and O–H groups in total. The van der Waals surface area contributed by atoms with Crippen molar-refractivity contribution < 1.29 is 5.11 Å². The highest BCUT2D eigenvalue weighted by atomic mass is 32.2. The van der Waals surface area contributed by atoms with E-state index < -0.39 is 0 Å². The number of allylic oxidation sites excluding steroid dienone is 1. The summed E-state index contributed by atoms with van der Waals surface area (Å²) in [5.41, 5.74) is 1.15. The molecule has 1 heterocycles. The SMILES string of the molecule is CC1=CSC(CO)N1. The second-order valence-corrected chi connectivity index (χ2v) is 2.83. The molecule has 8 heavy (non-hydrogen) atoms. The Hall–Kier alpha value is -0.150. The molecule has 0 saturated heterocycles. The smallest absolute Gasteiger partial charge is 0.0994 e. The lowest BCUT2D eigenvalue weighted by Gasteiger charge is -2.05. The lowest BCUT2D eigenvalue weighted by Crippen LogP contribution is -2.22. The molecule has 1 aliphatic heterocycles. The summed E-state index contributed by atoms with van der Waals surface area (Å²) in [5.74, 6) is 0. The quantitative estimate of drug-likeness (QED) is 0.543. The molecule has 0 fully saturated rings. The van der Waals surface area contributed by atoms with Crippen molar-refractivity contribution in [3.63, 3.8) is 0 Å². The van der Waals surface area contributed by atoms with Gasteiger partial charge in [0.2, 0.25) is 0 Å². The molecule has 0 bridgehead atoms. The average Bonchev–Trinajstić information content (AvgIpc) is 2.14. The van der Waals surface area contributed by atoms with E-state index in [-0.39, 0.29) is 12.0 Å². The number of thioether (sulfide) groups is 1. The molecule has 2 nitrogen and oxygen atoms in total. The first-order chi connectivity index (χ1) is 3.83. The third-order valence-corrected chi connectivity index (χ3v) is 2.05. The van der Waals surface area contributed by atoms with E-state index in [1.807, 2.05) is 12.3 Å². The largest absolute Gasteiger partial charge is 0.393 e. The van der Waals surface area contributed by atoms with E-state index >= 15 is 0 Å². The molecule has 1 unspecified atom stereocenters. The molecule has 1 aliphatic rings. The summed E-state index contributed by atoms with van der Waals surface area (Å²) in [7, 11) is 0. The van der Waals surface area contributed by atoms with E-state index in [0.29, 0.717) is 0 Å². The third-order valence-electron chi connectivity index (χ3n) is 0.964. The van der Waals surface area contributed by atoms with E-state index in [1.54, 1.807) is 11.8 Å². The fourth-order valence-electron chi connectivity index (χ4n) is 0.595. The minimum atomic E-state index is 0.204. The Balaban J connectivity index is 2.32. The highest BCUT2D eigenvalue weighted by molar-refractivity contribution is 8.03. The molecular weight excluding hydrogens is 122 g/mol. The Kier molecular flexibility index (Phi) is 1.81. The first-order valence-electron chi connectivity index (χ1n) is 2.52. The van der Waals surface area contributed by atoms with E-state index in [1.165, 1.54) is 0 Å². The van der Waals surface area contributed by atoms with Crippen molar-refractivity contribution in [3.8, 4) is 0 Å². The summed E-state index contributed by atoms with van der Waals surface area (Å²) in [4.78, 5) is 0. The fourth-order valence-corrected chi connectivity index (χ4v) is 1.37. The summed E-state index contributed by atoms with van der Waals surface area (Å²) < 4.78 is 0. The number of aliphatic hydroxyl groups is 1. The first-order valence-corrected chi connectivity index (χ1v) is 3.47. The Labute approximate surface area is 53.0 Å². The van der Waals surface area contributed by atoms with Gasteiger partial charge in [0, 0.05) is 5.70 Å². The van der Waals surface area contributed by atoms with Crippen LogP contribution in [-0.2, 0) is 0 Å². The van der Waals surface area contributed by atoms with Gasteiger partial charge in [-0.3, -0.25) is 0 Å². The highest BCUT2D eigenvalue weighted by Crippen LogP contribution is 2.18. The van der Waals surface area contributed by atoms with Gasteiger partial charge in [-0.15, -0.1) is 11.8 Å². The fraction of sp³-hybridized carbons (Fsp3) is 0.600. The van der Waals surface area contributed by atoms with E-state index in [2.05, 4.69) is 5.32 Å². The lowest BCUT2D eigenvalue weighted by molar-refractivity contribution is 0.287. The van der Waals surface area contributed by atoms with Crippen molar-refractivity contribution in [3.05, 3.63) is 11.1 Å². The number of rotatable bonds is 1. The van der Waals surface area contributed by atoms with Gasteiger partial charge in [-0.1, -0.05) is 0 Å². The molecule has 0 aromatic carbocycles. The molecule has 1 atom stereocenters. The molecule has 0 saturated carbocycles. The lowest BCUT2D eigenvalue weighted by atomic mass is 10.5. The van der Waals surface area contributed by atoms with Crippen molar-refractivity contribution in [1.82, 2.24) is 5.32 Å². The number of hydrogen-bond acceptors (Lipinski definition) is 3. The van der Waals surface area contributed by atoms with Crippen molar-refractivity contribution >= 4 is 11.8 Å². The van der Waals surface area contributed by atoms with Crippen molar-refractivity contribution in [1.29, 1.82) is 0 Å². The summed E-state index contributed by atoms with van der Waals surface area (Å²) >= 11 is 1.63. The highest BCUT2D eigenvalue weighted by Gasteiger charge is 2.10. The number of hydrogen-bond donors (Lipinski definition) is 2. The second kappa shape index (κ2) is 2.42. The minimum absolute atomic E-state index is 0.204. The van der Waals surface area contributed by atoms with E-state index in [4.69, 9.17) is 5.11 Å². The van der Waals surface area contributed by atoms with Crippen LogP contribution in [0.15, 0.2) is 11.1 Å². The van der Waals surface area contributed by atoms with Crippen LogP contribution in [0.2, 0.25) is 0 Å². The summed E-state index contributed by atoms with van der Waals surface area (Å²) in [5, 5.41) is 13.9. The predicted octanol–water partition coefficient (Wildman–Crippen LogP) is 0.502. The van der Waals surface area contributed by atoms with Crippen LogP contribution in [0.4, 0.5) is 0 Å². The van der Waals surface area contributed by atoms with Crippen molar-refractivity contribution in [2.75, 3.05) is 6.61 Å². The molecule has 0 amide bonds. The maximum Gasteiger partial charge on any atom is 0.0994 e. The van der Waals surface area contributed by atoms with Crippen LogP contribution in [0.1, 0.15) is 6.92 Å². The third kappa shape index (κ3) is 1.17. The van der Waals surface area contributed by atoms with Crippen molar-refractivity contribution in [2.24, 2.45) is 0 Å². The van der Waals surface area contributed by atoms with Gasteiger partial charge in [0.1, 0.15) is 0 Å². The number of aliphatic hydroxyl groups excluding tert-OH is 1. The average molecular weight is 131 g/mol. The molecule has 3 heteroatoms. The topological polar surface area (TPSA) is 32.3 Å². The van der Waals surface area contributed by atoms with E-state index in [0.717, 1.165) is 5.70 Å². The van der Waals surface area contributed by atoms with Crippen LogP contribution < -0.4 is 5.32 Å². The Morgan fingerprint density at radius 1 is 2.00 bits per heavy atom. The van der Waals surface area contributed by atoms with E-state index in [9.17, 15) is 0 Å². The van der Waals surface area contributed by atoms with Gasteiger partial charge >= 0.3 is 0 Å². The maximum absolute atomic E-state index is 8.57. The van der Waals surface area contributed by atoms with Crippen LogP contribution in [0.25, 0.3) is 0 Å². The van der Waals surface area contributed by atoms with Crippen molar-refractivity contribution in [2.45, 2.75) is 12.3 Å². The zero-order valence-electron chi connectivity index (χ0n) is 4.72. The zero-order chi connectivity index (χ0) is 5.98. The molecular formula is C5H9NOS. The number of nitrogens with one attached hydrogen (secondary N) is 1. The maximum atomic E-state index is 8.57. The van der Waals surface area contributed by atoms with Crippen LogP contribution in [0.5, 0.6) is 0 Å². The molecule has 0 aliphatic carbocycles. The summed E-state index contributed by atoms with van der Waals surface area (Å²) in [6.45, 7) is 2.20. The van der Waals surface area contributed by atoms with Gasteiger partial charge in [-0.05, 0) is 12.3 Å².